The van der Waals surface area contributed by atoms with Crippen LogP contribution in [0.3, 0.4) is 0 Å². The topological polar surface area (TPSA) is 149 Å². The van der Waals surface area contributed by atoms with Crippen LogP contribution < -0.4 is 5.32 Å². The predicted octanol–water partition coefficient (Wildman–Crippen LogP) is 2.81. The number of ether oxygens (including phenoxy) is 2. The van der Waals surface area contributed by atoms with Gasteiger partial charge in [-0.15, -0.1) is 0 Å². The first-order valence-corrected chi connectivity index (χ1v) is 10.9. The molecule has 11 heteroatoms. The van der Waals surface area contributed by atoms with E-state index in [1.807, 2.05) is 12.1 Å². The summed E-state index contributed by atoms with van der Waals surface area (Å²) in [6, 6.07) is 16.5. The number of allylic oxidation sites excluding steroid dienone is 1. The summed E-state index contributed by atoms with van der Waals surface area (Å²) >= 11 is 0.840. The Morgan fingerprint density at radius 2 is 1.85 bits per heavy atom. The van der Waals surface area contributed by atoms with Crippen molar-refractivity contribution in [1.29, 1.82) is 5.26 Å². The van der Waals surface area contributed by atoms with Crippen LogP contribution in [0.25, 0.3) is 0 Å². The van der Waals surface area contributed by atoms with E-state index in [0.717, 1.165) is 24.4 Å². The summed E-state index contributed by atoms with van der Waals surface area (Å²) < 4.78 is 9.94. The van der Waals surface area contributed by atoms with Gasteiger partial charge >= 0.3 is 11.9 Å². The van der Waals surface area contributed by atoms with Crippen LogP contribution in [0.15, 0.2) is 65.2 Å². The molecule has 2 aromatic carbocycles. The number of nitro groups is 1. The molecule has 1 aliphatic heterocycles. The van der Waals surface area contributed by atoms with Gasteiger partial charge in [0.1, 0.15) is 12.5 Å². The van der Waals surface area contributed by atoms with Crippen molar-refractivity contribution in [3.05, 3.63) is 86.4 Å². The van der Waals surface area contributed by atoms with Crippen molar-refractivity contribution in [2.45, 2.75) is 12.5 Å². The first-order valence-electron chi connectivity index (χ1n) is 9.96. The highest BCUT2D eigenvalue weighted by atomic mass is 32.2. The number of hydrogen-bond acceptors (Lipinski definition) is 9. The Bertz CT molecular complexity index is 1190. The van der Waals surface area contributed by atoms with Crippen LogP contribution in [-0.2, 0) is 30.5 Å². The number of carbonyl (C=O) groups is 3. The van der Waals surface area contributed by atoms with Gasteiger partial charge in [-0.05, 0) is 5.56 Å². The van der Waals surface area contributed by atoms with Gasteiger partial charge in [-0.3, -0.25) is 24.5 Å². The van der Waals surface area contributed by atoms with Gasteiger partial charge in [0.15, 0.2) is 0 Å². The molecule has 0 radical (unpaired) electrons. The smallest absolute Gasteiger partial charge is 0.319 e. The standard InChI is InChI=1S/C23H19N3O7S/c1-32-23(29)20-19(15-9-5-6-10-17(15)26(30)31)16(11-24)22(25-21(20)28)34-13-18(27)33-12-14-7-3-2-4-8-14/h2-10,19-20H,12-13H2,1H3,(H,25,28)/t19-,20-/m0/s1. The average Bonchev–Trinajstić information content (AvgIpc) is 2.85. The van der Waals surface area contributed by atoms with Crippen LogP contribution in [0.1, 0.15) is 17.0 Å². The molecule has 1 amide bonds. The number of nitro benzene ring substituents is 1. The van der Waals surface area contributed by atoms with Crippen molar-refractivity contribution in [1.82, 2.24) is 5.32 Å². The Balaban J connectivity index is 1.91. The quantitative estimate of drug-likeness (QED) is 0.260. The highest BCUT2D eigenvalue weighted by Crippen LogP contribution is 2.43. The van der Waals surface area contributed by atoms with E-state index in [1.165, 1.54) is 24.3 Å². The number of benzene rings is 2. The molecule has 174 valence electrons. The molecule has 0 aliphatic carbocycles. The maximum absolute atomic E-state index is 12.8. The van der Waals surface area contributed by atoms with Crippen molar-refractivity contribution in [2.75, 3.05) is 12.9 Å². The van der Waals surface area contributed by atoms with Gasteiger partial charge in [-0.2, -0.15) is 5.26 Å². The van der Waals surface area contributed by atoms with Gasteiger partial charge in [0.2, 0.25) is 5.91 Å². The molecule has 0 fully saturated rings. The third-order valence-corrected chi connectivity index (χ3v) is 6.02. The minimum atomic E-state index is -1.52. The lowest BCUT2D eigenvalue weighted by Crippen LogP contribution is -2.44. The molecule has 0 bridgehead atoms. The second-order valence-corrected chi connectivity index (χ2v) is 8.06. The first kappa shape index (κ1) is 24.5. The van der Waals surface area contributed by atoms with E-state index < -0.39 is 34.6 Å². The predicted molar refractivity (Wildman–Crippen MR) is 121 cm³/mol. The molecule has 10 nitrogen and oxygen atoms in total. The van der Waals surface area contributed by atoms with Gasteiger partial charge in [0, 0.05) is 11.6 Å². The van der Waals surface area contributed by atoms with Crippen LogP contribution in [0.4, 0.5) is 5.69 Å². The maximum atomic E-state index is 12.8. The normalized spacial score (nSPS) is 17.4. The molecule has 3 rings (SSSR count). The minimum absolute atomic E-state index is 0.0130. The second-order valence-electron chi connectivity index (χ2n) is 7.07. The summed E-state index contributed by atoms with van der Waals surface area (Å²) in [5.41, 5.74) is 0.362. The van der Waals surface area contributed by atoms with E-state index in [0.29, 0.717) is 0 Å². The molecule has 0 saturated carbocycles. The summed E-state index contributed by atoms with van der Waals surface area (Å²) in [7, 11) is 1.08. The first-order chi connectivity index (χ1) is 16.4. The van der Waals surface area contributed by atoms with Crippen molar-refractivity contribution in [2.24, 2.45) is 5.92 Å². The molecule has 1 N–H and O–H groups in total. The lowest BCUT2D eigenvalue weighted by atomic mass is 9.78. The Morgan fingerprint density at radius 1 is 1.18 bits per heavy atom. The molecule has 0 saturated heterocycles. The van der Waals surface area contributed by atoms with Crippen LogP contribution in [0, 0.1) is 27.4 Å². The van der Waals surface area contributed by atoms with E-state index in [1.54, 1.807) is 24.3 Å². The summed E-state index contributed by atoms with van der Waals surface area (Å²) in [5, 5.41) is 24.0. The zero-order chi connectivity index (χ0) is 24.7. The van der Waals surface area contributed by atoms with Crippen LogP contribution in [-0.4, -0.2) is 35.6 Å². The van der Waals surface area contributed by atoms with Crippen molar-refractivity contribution >= 4 is 35.3 Å². The van der Waals surface area contributed by atoms with Crippen LogP contribution >= 0.6 is 11.8 Å². The van der Waals surface area contributed by atoms with E-state index in [9.17, 15) is 29.8 Å². The second kappa shape index (κ2) is 11.1. The number of para-hydroxylation sites is 1. The van der Waals surface area contributed by atoms with E-state index >= 15 is 0 Å². The summed E-state index contributed by atoms with van der Waals surface area (Å²) in [4.78, 5) is 48.4. The number of hydrogen-bond donors (Lipinski definition) is 1. The number of nitrogens with one attached hydrogen (secondary N) is 1. The lowest BCUT2D eigenvalue weighted by Gasteiger charge is -2.30. The fourth-order valence-corrected chi connectivity index (χ4v) is 4.33. The van der Waals surface area contributed by atoms with E-state index in [4.69, 9.17) is 9.47 Å². The number of nitrogens with zero attached hydrogens (tertiary/aromatic N) is 2. The minimum Gasteiger partial charge on any atom is -0.468 e. The van der Waals surface area contributed by atoms with Crippen LogP contribution in [0.2, 0.25) is 0 Å². The van der Waals surface area contributed by atoms with Gasteiger partial charge in [0.05, 0.1) is 40.4 Å². The number of rotatable bonds is 8. The van der Waals surface area contributed by atoms with Crippen LogP contribution in [0.5, 0.6) is 0 Å². The third kappa shape index (κ3) is 5.41. The van der Waals surface area contributed by atoms with Crippen molar-refractivity contribution in [3.63, 3.8) is 0 Å². The largest absolute Gasteiger partial charge is 0.468 e. The summed E-state index contributed by atoms with van der Waals surface area (Å²) in [6.07, 6.45) is 0. The molecule has 2 aromatic rings. The Kier molecular flexibility index (Phi) is 8.00. The number of methoxy groups -OCH3 is 1. The SMILES string of the molecule is COC(=O)[C@@H]1C(=O)NC(SCC(=O)OCc2ccccc2)=C(C#N)[C@@H]1c1ccccc1[N+](=O)[O-]. The molecular weight excluding hydrogens is 462 g/mol. The molecule has 2 atom stereocenters. The number of amides is 1. The van der Waals surface area contributed by atoms with Crippen molar-refractivity contribution < 1.29 is 28.8 Å². The molecule has 0 spiro atoms. The van der Waals surface area contributed by atoms with Crippen molar-refractivity contribution in [3.8, 4) is 6.07 Å². The van der Waals surface area contributed by atoms with Gasteiger partial charge in [-0.25, -0.2) is 0 Å². The average molecular weight is 481 g/mol. The third-order valence-electron chi connectivity index (χ3n) is 5.03. The molecule has 34 heavy (non-hydrogen) atoms. The monoisotopic (exact) mass is 481 g/mol. The maximum Gasteiger partial charge on any atom is 0.319 e. The molecule has 0 unspecified atom stereocenters. The number of thioether (sulfide) groups is 1. The number of carbonyl (C=O) groups excluding carboxylic acids is 3. The van der Waals surface area contributed by atoms with E-state index in [-0.39, 0.29) is 34.2 Å². The zero-order valence-corrected chi connectivity index (χ0v) is 18.7. The number of nitriles is 1. The summed E-state index contributed by atoms with van der Waals surface area (Å²) in [6.45, 7) is 0.0556. The molecule has 0 aromatic heterocycles. The van der Waals surface area contributed by atoms with E-state index in [2.05, 4.69) is 5.32 Å². The molecular formula is C23H19N3O7S. The Labute approximate surface area is 198 Å². The van der Waals surface area contributed by atoms with Gasteiger partial charge in [0.25, 0.3) is 5.69 Å². The zero-order valence-electron chi connectivity index (χ0n) is 17.9. The van der Waals surface area contributed by atoms with Gasteiger partial charge in [-0.1, -0.05) is 60.3 Å². The lowest BCUT2D eigenvalue weighted by molar-refractivity contribution is -0.385. The number of esters is 2. The molecule has 1 aliphatic rings. The highest BCUT2D eigenvalue weighted by molar-refractivity contribution is 8.03. The van der Waals surface area contributed by atoms with Gasteiger partial charge < -0.3 is 14.8 Å². The fraction of sp³-hybridized carbons (Fsp3) is 0.217. The molecule has 1 heterocycles. The summed E-state index contributed by atoms with van der Waals surface area (Å²) in [5.74, 6) is -5.36. The Hall–Kier alpha value is -4.17. The highest BCUT2D eigenvalue weighted by Gasteiger charge is 2.46. The fourth-order valence-electron chi connectivity index (χ4n) is 3.48. The Morgan fingerprint density at radius 3 is 2.50 bits per heavy atom.